The summed E-state index contributed by atoms with van der Waals surface area (Å²) in [5, 5.41) is 0. The average molecular weight is 363 g/mol. The number of ether oxygens (including phenoxy) is 1. The number of nitrogens with zero attached hydrogens (tertiary/aromatic N) is 3. The second kappa shape index (κ2) is 7.82. The van der Waals surface area contributed by atoms with Crippen molar-refractivity contribution in [3.8, 4) is 17.1 Å². The second-order valence-corrected chi connectivity index (χ2v) is 7.04. The predicted molar refractivity (Wildman–Crippen MR) is 107 cm³/mol. The van der Waals surface area contributed by atoms with Crippen molar-refractivity contribution in [3.05, 3.63) is 48.5 Å². The minimum absolute atomic E-state index is 0.171. The number of hydrogen-bond donors (Lipinski definition) is 0. The summed E-state index contributed by atoms with van der Waals surface area (Å²) in [5.41, 5.74) is 2.84. The maximum absolute atomic E-state index is 13.0. The number of amides is 1. The van der Waals surface area contributed by atoms with Crippen LogP contribution >= 0.6 is 0 Å². The number of carbonyl (C=O) groups is 1. The number of carbonyl (C=O) groups excluding carboxylic acids is 1. The van der Waals surface area contributed by atoms with E-state index in [9.17, 15) is 4.79 Å². The molecule has 2 heterocycles. The Bertz CT molecular complexity index is 940. The molecule has 2 aromatic carbocycles. The molecule has 0 unspecified atom stereocenters. The minimum Gasteiger partial charge on any atom is -0.497 e. The van der Waals surface area contributed by atoms with Crippen molar-refractivity contribution in [1.82, 2.24) is 14.5 Å². The van der Waals surface area contributed by atoms with Crippen molar-refractivity contribution >= 4 is 16.9 Å². The average Bonchev–Trinajstić information content (AvgIpc) is 2.88. The van der Waals surface area contributed by atoms with Crippen LogP contribution in [0.2, 0.25) is 0 Å². The molecule has 1 amide bonds. The molecule has 5 nitrogen and oxygen atoms in total. The second-order valence-electron chi connectivity index (χ2n) is 7.04. The molecule has 0 atom stereocenters. The number of fused-ring (bicyclic) bond motifs is 1. The third-order valence-corrected chi connectivity index (χ3v) is 5.23. The fourth-order valence-corrected chi connectivity index (χ4v) is 3.77. The summed E-state index contributed by atoms with van der Waals surface area (Å²) in [6.07, 6.45) is 4.62. The van der Waals surface area contributed by atoms with E-state index in [0.717, 1.165) is 54.1 Å². The van der Waals surface area contributed by atoms with Crippen molar-refractivity contribution in [1.29, 1.82) is 0 Å². The van der Waals surface area contributed by atoms with Crippen LogP contribution < -0.4 is 4.74 Å². The fraction of sp³-hybridized carbons (Fsp3) is 0.364. The smallest absolute Gasteiger partial charge is 0.242 e. The summed E-state index contributed by atoms with van der Waals surface area (Å²) >= 11 is 0. The number of likely N-dealkylation sites (tertiary alicyclic amines) is 1. The topological polar surface area (TPSA) is 47.4 Å². The molecule has 0 radical (unpaired) electrons. The maximum Gasteiger partial charge on any atom is 0.242 e. The Morgan fingerprint density at radius 1 is 1.04 bits per heavy atom. The zero-order valence-electron chi connectivity index (χ0n) is 15.7. The number of para-hydroxylation sites is 2. The summed E-state index contributed by atoms with van der Waals surface area (Å²) < 4.78 is 7.41. The summed E-state index contributed by atoms with van der Waals surface area (Å²) in [6, 6.07) is 15.8. The zero-order chi connectivity index (χ0) is 18.6. The minimum atomic E-state index is 0.171. The molecule has 140 valence electrons. The number of rotatable bonds is 4. The Morgan fingerprint density at radius 2 is 1.81 bits per heavy atom. The fourth-order valence-electron chi connectivity index (χ4n) is 3.77. The highest BCUT2D eigenvalue weighted by molar-refractivity contribution is 5.84. The van der Waals surface area contributed by atoms with Crippen LogP contribution in [0.5, 0.6) is 5.75 Å². The van der Waals surface area contributed by atoms with Gasteiger partial charge in [0.1, 0.15) is 18.1 Å². The molecule has 0 bridgehead atoms. The molecular formula is C22H25N3O2. The Labute approximate surface area is 159 Å². The van der Waals surface area contributed by atoms with Gasteiger partial charge in [0, 0.05) is 18.7 Å². The maximum atomic E-state index is 13.0. The highest BCUT2D eigenvalue weighted by Gasteiger charge is 2.20. The first-order chi connectivity index (χ1) is 13.3. The van der Waals surface area contributed by atoms with Crippen LogP contribution in [0.1, 0.15) is 25.7 Å². The molecule has 0 N–H and O–H groups in total. The molecule has 5 heteroatoms. The Kier molecular flexibility index (Phi) is 5.10. The Hall–Kier alpha value is -2.82. The number of benzene rings is 2. The molecule has 0 saturated carbocycles. The Balaban J connectivity index is 1.73. The van der Waals surface area contributed by atoms with E-state index >= 15 is 0 Å². The van der Waals surface area contributed by atoms with Crippen LogP contribution in [-0.4, -0.2) is 40.6 Å². The van der Waals surface area contributed by atoms with Gasteiger partial charge in [-0.3, -0.25) is 4.79 Å². The van der Waals surface area contributed by atoms with Crippen LogP contribution in [0.3, 0.4) is 0 Å². The monoisotopic (exact) mass is 363 g/mol. The number of aromatic nitrogens is 2. The van der Waals surface area contributed by atoms with Crippen LogP contribution in [0, 0.1) is 0 Å². The van der Waals surface area contributed by atoms with E-state index in [1.165, 1.54) is 12.8 Å². The molecule has 3 aromatic rings. The summed E-state index contributed by atoms with van der Waals surface area (Å²) in [4.78, 5) is 19.8. The van der Waals surface area contributed by atoms with Crippen molar-refractivity contribution < 1.29 is 9.53 Å². The van der Waals surface area contributed by atoms with Gasteiger partial charge in [-0.2, -0.15) is 0 Å². The van der Waals surface area contributed by atoms with Crippen LogP contribution in [0.15, 0.2) is 48.5 Å². The van der Waals surface area contributed by atoms with Gasteiger partial charge < -0.3 is 14.2 Å². The van der Waals surface area contributed by atoms with Crippen molar-refractivity contribution in [2.24, 2.45) is 0 Å². The van der Waals surface area contributed by atoms with Crippen molar-refractivity contribution in [3.63, 3.8) is 0 Å². The quantitative estimate of drug-likeness (QED) is 0.701. The first-order valence-corrected chi connectivity index (χ1v) is 9.64. The summed E-state index contributed by atoms with van der Waals surface area (Å²) in [6.45, 7) is 2.03. The first kappa shape index (κ1) is 17.6. The molecule has 1 aliphatic rings. The summed E-state index contributed by atoms with van der Waals surface area (Å²) in [7, 11) is 1.66. The van der Waals surface area contributed by atoms with Gasteiger partial charge >= 0.3 is 0 Å². The lowest BCUT2D eigenvalue weighted by atomic mass is 10.2. The normalized spacial score (nSPS) is 14.9. The highest BCUT2D eigenvalue weighted by atomic mass is 16.5. The first-order valence-electron chi connectivity index (χ1n) is 9.64. The van der Waals surface area contributed by atoms with Crippen LogP contribution in [-0.2, 0) is 11.3 Å². The van der Waals surface area contributed by atoms with Gasteiger partial charge in [-0.05, 0) is 37.1 Å². The van der Waals surface area contributed by atoms with Gasteiger partial charge in [0.25, 0.3) is 0 Å². The van der Waals surface area contributed by atoms with E-state index in [4.69, 9.17) is 9.72 Å². The lowest BCUT2D eigenvalue weighted by Crippen LogP contribution is -2.34. The number of hydrogen-bond acceptors (Lipinski definition) is 3. The third kappa shape index (κ3) is 3.68. The molecule has 1 saturated heterocycles. The largest absolute Gasteiger partial charge is 0.497 e. The van der Waals surface area contributed by atoms with Crippen LogP contribution in [0.25, 0.3) is 22.4 Å². The van der Waals surface area contributed by atoms with E-state index in [1.54, 1.807) is 7.11 Å². The van der Waals surface area contributed by atoms with Crippen molar-refractivity contribution in [2.45, 2.75) is 32.2 Å². The van der Waals surface area contributed by atoms with Gasteiger partial charge in [0.2, 0.25) is 5.91 Å². The van der Waals surface area contributed by atoms with Gasteiger partial charge in [0.15, 0.2) is 0 Å². The molecule has 1 fully saturated rings. The van der Waals surface area contributed by atoms with Crippen LogP contribution in [0.4, 0.5) is 0 Å². The van der Waals surface area contributed by atoms with Gasteiger partial charge in [-0.15, -0.1) is 0 Å². The molecule has 0 spiro atoms. The molecular weight excluding hydrogens is 338 g/mol. The Morgan fingerprint density at radius 3 is 2.59 bits per heavy atom. The predicted octanol–water partition coefficient (Wildman–Crippen LogP) is 4.11. The highest BCUT2D eigenvalue weighted by Crippen LogP contribution is 2.27. The van der Waals surface area contributed by atoms with E-state index < -0.39 is 0 Å². The zero-order valence-corrected chi connectivity index (χ0v) is 15.7. The van der Waals surface area contributed by atoms with Gasteiger partial charge in [-0.25, -0.2) is 4.98 Å². The molecule has 4 rings (SSSR count). The third-order valence-electron chi connectivity index (χ3n) is 5.23. The molecule has 1 aromatic heterocycles. The molecule has 0 aliphatic carbocycles. The SMILES string of the molecule is COc1cccc(-c2nc3ccccc3n2CC(=O)N2CCCCCC2)c1. The lowest BCUT2D eigenvalue weighted by molar-refractivity contribution is -0.131. The number of imidazole rings is 1. The molecule has 27 heavy (non-hydrogen) atoms. The van der Waals surface area contributed by atoms with E-state index in [0.29, 0.717) is 6.54 Å². The lowest BCUT2D eigenvalue weighted by Gasteiger charge is -2.21. The standard InChI is InChI=1S/C22H25N3O2/c1-27-18-10-8-9-17(15-18)22-23-19-11-4-5-12-20(19)25(22)16-21(26)24-13-6-2-3-7-14-24/h4-5,8-12,15H,2-3,6-7,13-14,16H2,1H3. The van der Waals surface area contributed by atoms with E-state index in [2.05, 4.69) is 0 Å². The van der Waals surface area contributed by atoms with Gasteiger partial charge in [0.05, 0.1) is 18.1 Å². The summed E-state index contributed by atoms with van der Waals surface area (Å²) in [5.74, 6) is 1.76. The van der Waals surface area contributed by atoms with Crippen molar-refractivity contribution in [2.75, 3.05) is 20.2 Å². The number of methoxy groups -OCH3 is 1. The molecule has 1 aliphatic heterocycles. The van der Waals surface area contributed by atoms with Gasteiger partial charge in [-0.1, -0.05) is 37.1 Å². The van der Waals surface area contributed by atoms with E-state index in [-0.39, 0.29) is 5.91 Å². The van der Waals surface area contributed by atoms with E-state index in [1.807, 2.05) is 58.0 Å².